The first kappa shape index (κ1) is 21.9. The zero-order valence-electron chi connectivity index (χ0n) is 17.6. The lowest BCUT2D eigenvalue weighted by molar-refractivity contribution is 0.102. The SMILES string of the molecule is COc1ccc(NC(=O)c2c(O)n(C(N)=O)c3cc(C(=O)c4cccs4)ccc23)cc1OC. The summed E-state index contributed by atoms with van der Waals surface area (Å²) >= 11 is 1.28. The van der Waals surface area contributed by atoms with Crippen molar-refractivity contribution in [1.82, 2.24) is 4.57 Å². The summed E-state index contributed by atoms with van der Waals surface area (Å²) in [6.07, 6.45) is 0. The number of nitrogens with two attached hydrogens (primary N) is 1. The maximum atomic E-state index is 13.1. The number of aromatic hydroxyl groups is 1. The quantitative estimate of drug-likeness (QED) is 0.371. The van der Waals surface area contributed by atoms with E-state index in [9.17, 15) is 19.5 Å². The highest BCUT2D eigenvalue weighted by atomic mass is 32.1. The zero-order chi connectivity index (χ0) is 23.7. The normalized spacial score (nSPS) is 10.7. The van der Waals surface area contributed by atoms with E-state index >= 15 is 0 Å². The van der Waals surface area contributed by atoms with Crippen LogP contribution in [0.4, 0.5) is 10.5 Å². The van der Waals surface area contributed by atoms with E-state index in [1.54, 1.807) is 35.7 Å². The van der Waals surface area contributed by atoms with Crippen molar-refractivity contribution in [3.05, 3.63) is 69.9 Å². The van der Waals surface area contributed by atoms with Crippen molar-refractivity contribution in [2.24, 2.45) is 5.73 Å². The minimum Gasteiger partial charge on any atom is -0.494 e. The van der Waals surface area contributed by atoms with Gasteiger partial charge in [0.15, 0.2) is 11.5 Å². The second-order valence-corrected chi connectivity index (χ2v) is 7.88. The molecule has 0 radical (unpaired) electrons. The topological polar surface area (TPSA) is 133 Å². The molecule has 4 rings (SSSR count). The lowest BCUT2D eigenvalue weighted by Crippen LogP contribution is -2.19. The Morgan fingerprint density at radius 2 is 1.79 bits per heavy atom. The number of aromatic nitrogens is 1. The molecule has 2 aromatic carbocycles. The fourth-order valence-electron chi connectivity index (χ4n) is 3.52. The summed E-state index contributed by atoms with van der Waals surface area (Å²) in [5, 5.41) is 15.4. The second-order valence-electron chi connectivity index (χ2n) is 6.93. The van der Waals surface area contributed by atoms with E-state index in [0.29, 0.717) is 22.1 Å². The van der Waals surface area contributed by atoms with E-state index in [-0.39, 0.29) is 27.8 Å². The number of carbonyl (C=O) groups is 3. The summed E-state index contributed by atoms with van der Waals surface area (Å²) < 4.78 is 11.2. The Kier molecular flexibility index (Phi) is 5.76. The number of hydrogen-bond donors (Lipinski definition) is 3. The van der Waals surface area contributed by atoms with Crippen molar-refractivity contribution in [2.45, 2.75) is 0 Å². The van der Waals surface area contributed by atoms with Gasteiger partial charge in [0.2, 0.25) is 11.7 Å². The molecule has 0 atom stereocenters. The summed E-state index contributed by atoms with van der Waals surface area (Å²) in [5.74, 6) is -0.680. The number of rotatable bonds is 6. The van der Waals surface area contributed by atoms with Crippen LogP contribution in [0.25, 0.3) is 10.9 Å². The molecule has 0 bridgehead atoms. The molecule has 9 nitrogen and oxygen atoms in total. The molecule has 4 N–H and O–H groups in total. The molecule has 0 saturated carbocycles. The number of thiophene rings is 1. The minimum absolute atomic E-state index is 0.139. The monoisotopic (exact) mass is 465 g/mol. The number of primary amides is 1. The van der Waals surface area contributed by atoms with Crippen LogP contribution in [0, 0.1) is 0 Å². The van der Waals surface area contributed by atoms with Crippen LogP contribution >= 0.6 is 11.3 Å². The molecule has 0 saturated heterocycles. The lowest BCUT2D eigenvalue weighted by Gasteiger charge is -2.10. The average Bonchev–Trinajstić information content (AvgIpc) is 3.43. The third kappa shape index (κ3) is 3.87. The standard InChI is InChI=1S/C23H19N3O6S/c1-31-16-8-6-13(11-17(16)32-2)25-21(28)19-14-7-5-12(20(27)18-4-3-9-33-18)10-15(14)26(22(19)29)23(24)30/h3-11,29H,1-2H3,(H2,24,30)(H,25,28). The summed E-state index contributed by atoms with van der Waals surface area (Å²) in [5.41, 5.74) is 6.10. The fraction of sp³-hybridized carbons (Fsp3) is 0.0870. The fourth-order valence-corrected chi connectivity index (χ4v) is 4.21. The molecular formula is C23H19N3O6S. The highest BCUT2D eigenvalue weighted by Gasteiger charge is 2.26. The summed E-state index contributed by atoms with van der Waals surface area (Å²) in [6, 6.07) is 11.7. The third-order valence-corrected chi connectivity index (χ3v) is 5.91. The van der Waals surface area contributed by atoms with Gasteiger partial charge in [-0.3, -0.25) is 9.59 Å². The Hall–Kier alpha value is -4.31. The van der Waals surface area contributed by atoms with Crippen LogP contribution in [0.2, 0.25) is 0 Å². The third-order valence-electron chi connectivity index (χ3n) is 5.04. The van der Waals surface area contributed by atoms with E-state index < -0.39 is 17.8 Å². The first-order valence-electron chi connectivity index (χ1n) is 9.64. The van der Waals surface area contributed by atoms with Gasteiger partial charge < -0.3 is 25.6 Å². The zero-order valence-corrected chi connectivity index (χ0v) is 18.4. The number of amides is 2. The van der Waals surface area contributed by atoms with Crippen LogP contribution in [0.15, 0.2) is 53.9 Å². The first-order chi connectivity index (χ1) is 15.8. The van der Waals surface area contributed by atoms with Crippen molar-refractivity contribution in [3.8, 4) is 17.4 Å². The number of anilines is 1. The second kappa shape index (κ2) is 8.67. The largest absolute Gasteiger partial charge is 0.494 e. The molecule has 2 amide bonds. The molecule has 0 fully saturated rings. The van der Waals surface area contributed by atoms with Gasteiger partial charge in [-0.05, 0) is 29.6 Å². The van der Waals surface area contributed by atoms with Gasteiger partial charge in [-0.1, -0.05) is 18.2 Å². The van der Waals surface area contributed by atoms with Crippen LogP contribution in [0.3, 0.4) is 0 Å². The van der Waals surface area contributed by atoms with Crippen molar-refractivity contribution in [2.75, 3.05) is 19.5 Å². The Bertz CT molecular complexity index is 1390. The van der Waals surface area contributed by atoms with E-state index in [1.165, 1.54) is 43.8 Å². The maximum absolute atomic E-state index is 13.1. The summed E-state index contributed by atoms with van der Waals surface area (Å²) in [7, 11) is 2.95. The number of benzene rings is 2. The maximum Gasteiger partial charge on any atom is 0.326 e. The first-order valence-corrected chi connectivity index (χ1v) is 10.5. The molecule has 0 unspecified atom stereocenters. The van der Waals surface area contributed by atoms with Gasteiger partial charge in [-0.25, -0.2) is 9.36 Å². The van der Waals surface area contributed by atoms with Gasteiger partial charge >= 0.3 is 6.03 Å². The molecule has 4 aromatic rings. The van der Waals surface area contributed by atoms with Crippen LogP contribution < -0.4 is 20.5 Å². The van der Waals surface area contributed by atoms with Gasteiger partial charge in [-0.15, -0.1) is 11.3 Å². The molecule has 0 aliphatic rings. The summed E-state index contributed by atoms with van der Waals surface area (Å²) in [6.45, 7) is 0. The van der Waals surface area contributed by atoms with Crippen molar-refractivity contribution in [3.63, 3.8) is 0 Å². The van der Waals surface area contributed by atoms with Crippen LogP contribution in [0.5, 0.6) is 17.4 Å². The molecule has 0 aliphatic carbocycles. The number of ketones is 1. The molecule has 0 aliphatic heterocycles. The molecule has 2 aromatic heterocycles. The van der Waals surface area contributed by atoms with Crippen LogP contribution in [0.1, 0.15) is 25.6 Å². The minimum atomic E-state index is -0.997. The van der Waals surface area contributed by atoms with Gasteiger partial charge in [0.25, 0.3) is 5.91 Å². The predicted octanol–water partition coefficient (Wildman–Crippen LogP) is 3.84. The Morgan fingerprint density at radius 1 is 1.03 bits per heavy atom. The number of ether oxygens (including phenoxy) is 2. The molecule has 0 spiro atoms. The van der Waals surface area contributed by atoms with Gasteiger partial charge in [0, 0.05) is 22.7 Å². The Balaban J connectivity index is 1.77. The lowest BCUT2D eigenvalue weighted by atomic mass is 10.1. The smallest absolute Gasteiger partial charge is 0.326 e. The number of carbonyl (C=O) groups excluding carboxylic acids is 3. The highest BCUT2D eigenvalue weighted by molar-refractivity contribution is 7.12. The van der Waals surface area contributed by atoms with Gasteiger partial charge in [0.05, 0.1) is 24.6 Å². The molecule has 2 heterocycles. The predicted molar refractivity (Wildman–Crippen MR) is 124 cm³/mol. The van der Waals surface area contributed by atoms with E-state index in [0.717, 1.165) is 4.57 Å². The van der Waals surface area contributed by atoms with E-state index in [1.807, 2.05) is 0 Å². The Labute approximate surface area is 192 Å². The van der Waals surface area contributed by atoms with E-state index in [2.05, 4.69) is 5.32 Å². The van der Waals surface area contributed by atoms with Crippen LogP contribution in [-0.4, -0.2) is 41.6 Å². The van der Waals surface area contributed by atoms with Crippen molar-refractivity contribution in [1.29, 1.82) is 0 Å². The molecule has 10 heteroatoms. The molecular weight excluding hydrogens is 446 g/mol. The van der Waals surface area contributed by atoms with Crippen molar-refractivity contribution < 1.29 is 29.0 Å². The number of nitrogens with zero attached hydrogens (tertiary/aromatic N) is 1. The number of fused-ring (bicyclic) bond motifs is 1. The highest BCUT2D eigenvalue weighted by Crippen LogP contribution is 2.34. The number of methoxy groups -OCH3 is 2. The average molecular weight is 465 g/mol. The van der Waals surface area contributed by atoms with Gasteiger partial charge in [-0.2, -0.15) is 0 Å². The van der Waals surface area contributed by atoms with Crippen molar-refractivity contribution >= 4 is 45.6 Å². The molecule has 33 heavy (non-hydrogen) atoms. The van der Waals surface area contributed by atoms with Crippen LogP contribution in [-0.2, 0) is 0 Å². The number of hydrogen-bond acceptors (Lipinski definition) is 7. The van der Waals surface area contributed by atoms with E-state index in [4.69, 9.17) is 15.2 Å². The summed E-state index contributed by atoms with van der Waals surface area (Å²) in [4.78, 5) is 38.4. The Morgan fingerprint density at radius 3 is 2.42 bits per heavy atom. The number of nitrogens with one attached hydrogen (secondary N) is 1. The van der Waals surface area contributed by atoms with Gasteiger partial charge in [0.1, 0.15) is 5.56 Å². The molecule has 168 valence electrons.